The van der Waals surface area contributed by atoms with Crippen molar-refractivity contribution in [3.05, 3.63) is 107 Å². The molecule has 1 aliphatic rings. The second-order valence-electron chi connectivity index (χ2n) is 10.4. The fourth-order valence-electron chi connectivity index (χ4n) is 5.21. The average Bonchev–Trinajstić information content (AvgIpc) is 3.01. The minimum Gasteiger partial charge on any atom is -0.493 e. The molecule has 2 N–H and O–H groups in total. The van der Waals surface area contributed by atoms with E-state index in [0.29, 0.717) is 41.7 Å². The lowest BCUT2D eigenvalue weighted by molar-refractivity contribution is -0.134. The van der Waals surface area contributed by atoms with Gasteiger partial charge in [0.2, 0.25) is 0 Å². The van der Waals surface area contributed by atoms with Crippen LogP contribution in [0.3, 0.4) is 0 Å². The van der Waals surface area contributed by atoms with Gasteiger partial charge in [0.15, 0.2) is 17.3 Å². The molecule has 0 bridgehead atoms. The van der Waals surface area contributed by atoms with Gasteiger partial charge >= 0.3 is 11.9 Å². The molecule has 0 aromatic heterocycles. The van der Waals surface area contributed by atoms with Gasteiger partial charge in [-0.1, -0.05) is 24.3 Å². The van der Waals surface area contributed by atoms with Crippen LogP contribution in [-0.2, 0) is 9.59 Å². The minimum atomic E-state index is -1.26. The molecule has 1 aliphatic heterocycles. The fraction of sp³-hybridized carbons (Fsp3) is 0.324. The van der Waals surface area contributed by atoms with Gasteiger partial charge in [-0.05, 0) is 98.8 Å². The number of carboxylic acid groups (broad SMARTS) is 2. The van der Waals surface area contributed by atoms with E-state index in [1.165, 1.54) is 31.2 Å². The van der Waals surface area contributed by atoms with Gasteiger partial charge in [-0.2, -0.15) is 0 Å². The molecule has 1 saturated heterocycles. The Morgan fingerprint density at radius 1 is 0.864 bits per heavy atom. The van der Waals surface area contributed by atoms with Gasteiger partial charge in [0.05, 0.1) is 13.7 Å². The molecule has 1 heterocycles. The van der Waals surface area contributed by atoms with Crippen molar-refractivity contribution in [2.75, 3.05) is 33.4 Å². The Kier molecular flexibility index (Phi) is 13.0. The first-order chi connectivity index (χ1) is 21.1. The number of methoxy groups -OCH3 is 1. The van der Waals surface area contributed by atoms with E-state index in [-0.39, 0.29) is 23.3 Å². The zero-order chi connectivity index (χ0) is 32.1. The molecule has 0 unspecified atom stereocenters. The predicted octanol–water partition coefficient (Wildman–Crippen LogP) is 6.20. The number of nitrogens with zero attached hydrogens (tertiary/aromatic N) is 1. The Bertz CT molecular complexity index is 1360. The number of aliphatic carboxylic acids is 2. The third-order valence-corrected chi connectivity index (χ3v) is 7.38. The number of ketones is 1. The van der Waals surface area contributed by atoms with Crippen molar-refractivity contribution in [3.8, 4) is 11.5 Å². The summed E-state index contributed by atoms with van der Waals surface area (Å²) in [5.74, 6) is -1.30. The number of carbonyl (C=O) groups excluding carboxylic acids is 1. The Morgan fingerprint density at radius 2 is 1.39 bits per heavy atom. The summed E-state index contributed by atoms with van der Waals surface area (Å²) in [5.41, 5.74) is 2.74. The van der Waals surface area contributed by atoms with E-state index in [0.717, 1.165) is 50.0 Å². The van der Waals surface area contributed by atoms with Gasteiger partial charge in [-0.3, -0.25) is 4.79 Å². The van der Waals surface area contributed by atoms with Crippen molar-refractivity contribution >= 4 is 17.7 Å². The molecule has 3 aromatic rings. The Morgan fingerprint density at radius 3 is 1.84 bits per heavy atom. The first-order valence-electron chi connectivity index (χ1n) is 14.3. The van der Waals surface area contributed by atoms with Crippen LogP contribution in [0, 0.1) is 17.6 Å². The van der Waals surface area contributed by atoms with Gasteiger partial charge in [-0.25, -0.2) is 18.4 Å². The van der Waals surface area contributed by atoms with E-state index >= 15 is 0 Å². The highest BCUT2D eigenvalue weighted by molar-refractivity contribution is 5.94. The van der Waals surface area contributed by atoms with Gasteiger partial charge in [-0.15, -0.1) is 0 Å². The maximum atomic E-state index is 13.6. The normalized spacial score (nSPS) is 13.8. The molecule has 0 saturated carbocycles. The lowest BCUT2D eigenvalue weighted by Crippen LogP contribution is -2.36. The summed E-state index contributed by atoms with van der Waals surface area (Å²) in [6, 6.07) is 18.7. The van der Waals surface area contributed by atoms with E-state index < -0.39 is 11.9 Å². The summed E-state index contributed by atoms with van der Waals surface area (Å²) < 4.78 is 38.4. The number of carboxylic acids is 2. The Labute approximate surface area is 255 Å². The topological polar surface area (TPSA) is 113 Å². The first-order valence-corrected chi connectivity index (χ1v) is 14.3. The summed E-state index contributed by atoms with van der Waals surface area (Å²) in [6.07, 6.45) is 4.02. The average molecular weight is 610 g/mol. The van der Waals surface area contributed by atoms with Crippen molar-refractivity contribution in [1.82, 2.24) is 4.90 Å². The largest absolute Gasteiger partial charge is 0.493 e. The summed E-state index contributed by atoms with van der Waals surface area (Å²) in [6.45, 7) is 4.96. The second-order valence-corrected chi connectivity index (χ2v) is 10.4. The molecule has 0 aliphatic carbocycles. The van der Waals surface area contributed by atoms with Gasteiger partial charge < -0.3 is 24.6 Å². The van der Waals surface area contributed by atoms with Crippen LogP contribution < -0.4 is 9.47 Å². The number of piperidine rings is 1. The highest BCUT2D eigenvalue weighted by atomic mass is 19.1. The van der Waals surface area contributed by atoms with Gasteiger partial charge in [0.25, 0.3) is 0 Å². The standard InChI is InChI=1S/C30H33F2NO3.C4H4O4/c1-21(34)25-8-13-28(29(20-25)35-2)36-19-3-16-33-17-14-24(15-18-33)30(22-4-9-26(31)10-5-22)23-6-11-27(32)12-7-23;5-3(6)1-2-4(7)8/h4-13,20,24,30H,3,14-19H2,1-2H3;1-2H,(H,5,6)(H,7,8)/b;2-1+. The van der Waals surface area contributed by atoms with Crippen LogP contribution in [0.25, 0.3) is 0 Å². The molecule has 44 heavy (non-hydrogen) atoms. The molecule has 0 spiro atoms. The van der Waals surface area contributed by atoms with E-state index in [1.807, 2.05) is 24.3 Å². The number of likely N-dealkylation sites (tertiary alicyclic amines) is 1. The summed E-state index contributed by atoms with van der Waals surface area (Å²) in [4.78, 5) is 33.1. The number of ether oxygens (including phenoxy) is 2. The van der Waals surface area contributed by atoms with E-state index in [2.05, 4.69) is 4.90 Å². The predicted molar refractivity (Wildman–Crippen MR) is 161 cm³/mol. The highest BCUT2D eigenvalue weighted by Gasteiger charge is 2.29. The number of rotatable bonds is 12. The third kappa shape index (κ3) is 10.6. The number of benzene rings is 3. The highest BCUT2D eigenvalue weighted by Crippen LogP contribution is 2.38. The summed E-state index contributed by atoms with van der Waals surface area (Å²) in [7, 11) is 1.57. The van der Waals surface area contributed by atoms with Crippen LogP contribution in [-0.4, -0.2) is 66.2 Å². The quantitative estimate of drug-likeness (QED) is 0.142. The maximum absolute atomic E-state index is 13.6. The van der Waals surface area contributed by atoms with Crippen LogP contribution in [0.4, 0.5) is 8.78 Å². The molecule has 3 aromatic carbocycles. The van der Waals surface area contributed by atoms with Crippen molar-refractivity contribution in [1.29, 1.82) is 0 Å². The molecular weight excluding hydrogens is 572 g/mol. The molecular formula is C34H37F2NO7. The van der Waals surface area contributed by atoms with Crippen molar-refractivity contribution < 1.29 is 42.9 Å². The molecule has 0 atom stereocenters. The van der Waals surface area contributed by atoms with Crippen molar-refractivity contribution in [2.45, 2.75) is 32.1 Å². The minimum absolute atomic E-state index is 0.00986. The molecule has 10 heteroatoms. The molecule has 0 radical (unpaired) electrons. The second kappa shape index (κ2) is 16.9. The smallest absolute Gasteiger partial charge is 0.328 e. The van der Waals surface area contributed by atoms with Crippen LogP contribution in [0.5, 0.6) is 11.5 Å². The molecule has 4 rings (SSSR count). The number of carbonyl (C=O) groups is 3. The Hall–Kier alpha value is -4.57. The monoisotopic (exact) mass is 609 g/mol. The van der Waals surface area contributed by atoms with E-state index in [1.54, 1.807) is 25.3 Å². The number of halogens is 2. The summed E-state index contributed by atoms with van der Waals surface area (Å²) in [5, 5.41) is 15.6. The molecule has 0 amide bonds. The van der Waals surface area contributed by atoms with Crippen LogP contribution in [0.2, 0.25) is 0 Å². The molecule has 1 fully saturated rings. The Balaban J connectivity index is 0.000000583. The fourth-order valence-corrected chi connectivity index (χ4v) is 5.21. The van der Waals surface area contributed by atoms with Gasteiger partial charge in [0, 0.05) is 30.2 Å². The maximum Gasteiger partial charge on any atom is 0.328 e. The van der Waals surface area contributed by atoms with E-state index in [4.69, 9.17) is 19.7 Å². The number of hydrogen-bond donors (Lipinski definition) is 2. The van der Waals surface area contributed by atoms with Gasteiger partial charge in [0.1, 0.15) is 11.6 Å². The van der Waals surface area contributed by atoms with Crippen molar-refractivity contribution in [2.24, 2.45) is 5.92 Å². The van der Waals surface area contributed by atoms with Crippen LogP contribution in [0.1, 0.15) is 53.6 Å². The zero-order valence-electron chi connectivity index (χ0n) is 24.7. The lowest BCUT2D eigenvalue weighted by atomic mass is 9.76. The third-order valence-electron chi connectivity index (χ3n) is 7.38. The van der Waals surface area contributed by atoms with Crippen LogP contribution >= 0.6 is 0 Å². The van der Waals surface area contributed by atoms with Crippen molar-refractivity contribution in [3.63, 3.8) is 0 Å². The zero-order valence-corrected chi connectivity index (χ0v) is 24.7. The summed E-state index contributed by atoms with van der Waals surface area (Å²) >= 11 is 0. The van der Waals surface area contributed by atoms with Crippen LogP contribution in [0.15, 0.2) is 78.9 Å². The van der Waals surface area contributed by atoms with E-state index in [9.17, 15) is 23.2 Å². The molecule has 8 nitrogen and oxygen atoms in total. The SMILES string of the molecule is COc1cc(C(C)=O)ccc1OCCCN1CCC(C(c2ccc(F)cc2)c2ccc(F)cc2)CC1.O=C(O)/C=C/C(=O)O. The first kappa shape index (κ1) is 33.9. The lowest BCUT2D eigenvalue weighted by Gasteiger charge is -2.36. The number of hydrogen-bond acceptors (Lipinski definition) is 6. The molecule has 234 valence electrons. The number of Topliss-reactive ketones (excluding diaryl/α,β-unsaturated/α-hetero) is 1.